The Hall–Kier alpha value is -3.06. The van der Waals surface area contributed by atoms with Crippen LogP contribution in [0.1, 0.15) is 45.9 Å². The number of nitrogens with one attached hydrogen (secondary N) is 2. The smallest absolute Gasteiger partial charge is 0.256 e. The zero-order valence-corrected chi connectivity index (χ0v) is 15.9. The van der Waals surface area contributed by atoms with Gasteiger partial charge < -0.3 is 10.6 Å². The normalized spacial score (nSPS) is 14.8. The van der Waals surface area contributed by atoms with Gasteiger partial charge in [-0.1, -0.05) is 17.3 Å². The molecule has 2 aromatic heterocycles. The van der Waals surface area contributed by atoms with E-state index in [0.29, 0.717) is 23.8 Å². The summed E-state index contributed by atoms with van der Waals surface area (Å²) < 4.78 is 1.77. The number of carbonyl (C=O) groups is 1. The molecule has 1 fully saturated rings. The minimum Gasteiger partial charge on any atom is -0.317 e. The van der Waals surface area contributed by atoms with Crippen LogP contribution in [-0.4, -0.2) is 39.0 Å². The second kappa shape index (κ2) is 8.31. The molecule has 1 aliphatic heterocycles. The first-order valence-corrected chi connectivity index (χ1v) is 9.62. The SMILES string of the molecule is Cc1c(NC(=O)c2ccc(C3CCNCC3)cc2)nnn1Cc1ccncc1. The molecule has 1 aromatic carbocycles. The lowest BCUT2D eigenvalue weighted by Gasteiger charge is -2.23. The fraction of sp³-hybridized carbons (Fsp3) is 0.333. The van der Waals surface area contributed by atoms with E-state index in [-0.39, 0.29) is 5.91 Å². The molecule has 0 atom stereocenters. The number of hydrogen-bond acceptors (Lipinski definition) is 5. The van der Waals surface area contributed by atoms with Crippen molar-refractivity contribution in [2.45, 2.75) is 32.2 Å². The first-order chi connectivity index (χ1) is 13.7. The molecule has 1 amide bonds. The van der Waals surface area contributed by atoms with Crippen molar-refractivity contribution in [1.82, 2.24) is 25.3 Å². The van der Waals surface area contributed by atoms with Crippen molar-refractivity contribution >= 4 is 11.7 Å². The largest absolute Gasteiger partial charge is 0.317 e. The minimum atomic E-state index is -0.170. The van der Waals surface area contributed by atoms with Crippen molar-refractivity contribution in [2.75, 3.05) is 18.4 Å². The first-order valence-electron chi connectivity index (χ1n) is 9.62. The maximum atomic E-state index is 12.6. The lowest BCUT2D eigenvalue weighted by Crippen LogP contribution is -2.26. The molecule has 1 saturated heterocycles. The Morgan fingerprint density at radius 2 is 1.86 bits per heavy atom. The number of hydrogen-bond donors (Lipinski definition) is 2. The van der Waals surface area contributed by atoms with Gasteiger partial charge in [-0.3, -0.25) is 9.78 Å². The summed E-state index contributed by atoms with van der Waals surface area (Å²) in [5, 5.41) is 14.5. The van der Waals surface area contributed by atoms with E-state index in [4.69, 9.17) is 0 Å². The summed E-state index contributed by atoms with van der Waals surface area (Å²) >= 11 is 0. The summed E-state index contributed by atoms with van der Waals surface area (Å²) in [6.45, 7) is 4.60. The molecule has 2 N–H and O–H groups in total. The van der Waals surface area contributed by atoms with Crippen LogP contribution in [0.3, 0.4) is 0 Å². The average Bonchev–Trinajstić information content (AvgIpc) is 3.09. The first kappa shape index (κ1) is 18.3. The lowest BCUT2D eigenvalue weighted by atomic mass is 9.90. The number of benzene rings is 1. The number of rotatable bonds is 5. The molecule has 0 radical (unpaired) electrons. The molecule has 7 heteroatoms. The molecule has 28 heavy (non-hydrogen) atoms. The summed E-state index contributed by atoms with van der Waals surface area (Å²) in [6, 6.07) is 11.8. The number of aromatic nitrogens is 4. The van der Waals surface area contributed by atoms with E-state index in [2.05, 4.69) is 38.1 Å². The standard InChI is InChI=1S/C21H24N6O/c1-15-20(25-26-27(15)14-16-6-10-22-11-7-16)24-21(28)19-4-2-17(3-5-19)18-8-12-23-13-9-18/h2-7,10-11,18,23H,8-9,12-14H2,1H3,(H,24,28). The molecule has 3 heterocycles. The van der Waals surface area contributed by atoms with Crippen LogP contribution >= 0.6 is 0 Å². The van der Waals surface area contributed by atoms with Crippen molar-refractivity contribution in [3.05, 3.63) is 71.2 Å². The predicted octanol–water partition coefficient (Wildman–Crippen LogP) is 2.75. The molecule has 144 valence electrons. The second-order valence-corrected chi connectivity index (χ2v) is 7.14. The fourth-order valence-electron chi connectivity index (χ4n) is 3.53. The van der Waals surface area contributed by atoms with E-state index in [1.54, 1.807) is 17.1 Å². The third-order valence-corrected chi connectivity index (χ3v) is 5.28. The van der Waals surface area contributed by atoms with E-state index in [9.17, 15) is 4.79 Å². The second-order valence-electron chi connectivity index (χ2n) is 7.14. The topological polar surface area (TPSA) is 84.7 Å². The molecule has 0 saturated carbocycles. The van der Waals surface area contributed by atoms with Gasteiger partial charge in [0.25, 0.3) is 5.91 Å². The molecule has 0 aliphatic carbocycles. The monoisotopic (exact) mass is 376 g/mol. The van der Waals surface area contributed by atoms with Crippen molar-refractivity contribution in [3.8, 4) is 0 Å². The van der Waals surface area contributed by atoms with Gasteiger partial charge in [-0.2, -0.15) is 0 Å². The maximum absolute atomic E-state index is 12.6. The molecular weight excluding hydrogens is 352 g/mol. The van der Waals surface area contributed by atoms with Crippen LogP contribution in [-0.2, 0) is 6.54 Å². The fourth-order valence-corrected chi connectivity index (χ4v) is 3.53. The Balaban J connectivity index is 1.42. The molecule has 0 spiro atoms. The summed E-state index contributed by atoms with van der Waals surface area (Å²) in [5.41, 5.74) is 3.82. The molecule has 0 unspecified atom stereocenters. The Bertz CT molecular complexity index is 929. The Morgan fingerprint density at radius 1 is 1.14 bits per heavy atom. The van der Waals surface area contributed by atoms with Gasteiger partial charge in [-0.25, -0.2) is 4.68 Å². The number of amides is 1. The van der Waals surface area contributed by atoms with Crippen LogP contribution in [0.4, 0.5) is 5.82 Å². The van der Waals surface area contributed by atoms with Crippen molar-refractivity contribution in [2.24, 2.45) is 0 Å². The van der Waals surface area contributed by atoms with Gasteiger partial charge in [0.2, 0.25) is 0 Å². The zero-order valence-electron chi connectivity index (χ0n) is 15.9. The summed E-state index contributed by atoms with van der Waals surface area (Å²) in [6.07, 6.45) is 5.78. The molecule has 4 rings (SSSR count). The highest BCUT2D eigenvalue weighted by Gasteiger charge is 2.17. The van der Waals surface area contributed by atoms with E-state index in [1.807, 2.05) is 31.2 Å². The third-order valence-electron chi connectivity index (χ3n) is 5.28. The quantitative estimate of drug-likeness (QED) is 0.715. The van der Waals surface area contributed by atoms with Gasteiger partial charge >= 0.3 is 0 Å². The van der Waals surface area contributed by atoms with Crippen molar-refractivity contribution < 1.29 is 4.79 Å². The van der Waals surface area contributed by atoms with E-state index in [1.165, 1.54) is 5.56 Å². The van der Waals surface area contributed by atoms with E-state index < -0.39 is 0 Å². The zero-order chi connectivity index (χ0) is 19.3. The van der Waals surface area contributed by atoms with E-state index in [0.717, 1.165) is 37.2 Å². The highest BCUT2D eigenvalue weighted by Crippen LogP contribution is 2.25. The van der Waals surface area contributed by atoms with Crippen molar-refractivity contribution in [3.63, 3.8) is 0 Å². The summed E-state index contributed by atoms with van der Waals surface area (Å²) in [7, 11) is 0. The minimum absolute atomic E-state index is 0.170. The number of carbonyl (C=O) groups excluding carboxylic acids is 1. The Kier molecular flexibility index (Phi) is 5.43. The molecule has 3 aromatic rings. The molecular formula is C21H24N6O. The Morgan fingerprint density at radius 3 is 2.57 bits per heavy atom. The average molecular weight is 376 g/mol. The number of piperidine rings is 1. The van der Waals surface area contributed by atoms with Crippen LogP contribution in [0.5, 0.6) is 0 Å². The van der Waals surface area contributed by atoms with Crippen LogP contribution < -0.4 is 10.6 Å². The molecule has 7 nitrogen and oxygen atoms in total. The van der Waals surface area contributed by atoms with Crippen LogP contribution in [0.15, 0.2) is 48.8 Å². The summed E-state index contributed by atoms with van der Waals surface area (Å²) in [4.78, 5) is 16.6. The maximum Gasteiger partial charge on any atom is 0.256 e. The van der Waals surface area contributed by atoms with Crippen molar-refractivity contribution in [1.29, 1.82) is 0 Å². The van der Waals surface area contributed by atoms with Gasteiger partial charge in [0, 0.05) is 18.0 Å². The van der Waals surface area contributed by atoms with E-state index >= 15 is 0 Å². The number of pyridine rings is 1. The molecule has 1 aliphatic rings. The van der Waals surface area contributed by atoms with Gasteiger partial charge in [-0.15, -0.1) is 5.10 Å². The third kappa shape index (κ3) is 4.09. The lowest BCUT2D eigenvalue weighted by molar-refractivity contribution is 0.102. The van der Waals surface area contributed by atoms with Gasteiger partial charge in [0.05, 0.1) is 12.2 Å². The predicted molar refractivity (Wildman–Crippen MR) is 107 cm³/mol. The molecule has 0 bridgehead atoms. The van der Waals surface area contributed by atoms with Crippen LogP contribution in [0.2, 0.25) is 0 Å². The number of nitrogens with zero attached hydrogens (tertiary/aromatic N) is 4. The van der Waals surface area contributed by atoms with Gasteiger partial charge in [0.15, 0.2) is 5.82 Å². The van der Waals surface area contributed by atoms with Gasteiger partial charge in [0.1, 0.15) is 0 Å². The highest BCUT2D eigenvalue weighted by molar-refractivity contribution is 6.04. The summed E-state index contributed by atoms with van der Waals surface area (Å²) in [5.74, 6) is 0.895. The van der Waals surface area contributed by atoms with Gasteiger partial charge in [-0.05, 0) is 74.2 Å². The van der Waals surface area contributed by atoms with Crippen LogP contribution in [0, 0.1) is 6.92 Å². The Labute approximate surface area is 164 Å². The van der Waals surface area contributed by atoms with Crippen LogP contribution in [0.25, 0.3) is 0 Å². The highest BCUT2D eigenvalue weighted by atomic mass is 16.1. The number of anilines is 1.